The molecule has 0 aliphatic carbocycles. The van der Waals surface area contributed by atoms with Crippen LogP contribution in [-0.4, -0.2) is 4.57 Å². The first-order valence-electron chi connectivity index (χ1n) is 6.23. The van der Waals surface area contributed by atoms with Crippen LogP contribution in [0.15, 0.2) is 29.2 Å². The summed E-state index contributed by atoms with van der Waals surface area (Å²) in [6, 6.07) is 3.75. The fourth-order valence-electron chi connectivity index (χ4n) is 2.33. The van der Waals surface area contributed by atoms with Gasteiger partial charge in [0.15, 0.2) is 0 Å². The lowest BCUT2D eigenvalue weighted by Crippen LogP contribution is -2.24. The van der Waals surface area contributed by atoms with Gasteiger partial charge in [0.05, 0.1) is 5.56 Å². The van der Waals surface area contributed by atoms with Crippen molar-refractivity contribution < 1.29 is 13.2 Å². The summed E-state index contributed by atoms with van der Waals surface area (Å²) in [5, 5.41) is 0.116. The lowest BCUT2D eigenvalue weighted by atomic mass is 9.83. The highest BCUT2D eigenvalue weighted by atomic mass is 19.4. The number of pyridine rings is 1. The standard InChI is InChI=1S/C15H16F3NO/c1-14(2,3)11-8-19(4)13(20)9-6-5-7-10(12(9)11)15(16,17)18/h5-8H,1-4H3. The molecule has 1 heterocycles. The quantitative estimate of drug-likeness (QED) is 0.719. The van der Waals surface area contributed by atoms with Crippen molar-refractivity contribution in [2.45, 2.75) is 32.4 Å². The van der Waals surface area contributed by atoms with Crippen molar-refractivity contribution in [1.82, 2.24) is 4.57 Å². The summed E-state index contributed by atoms with van der Waals surface area (Å²) in [5.74, 6) is 0. The van der Waals surface area contributed by atoms with Crippen LogP contribution in [0.4, 0.5) is 13.2 Å². The summed E-state index contributed by atoms with van der Waals surface area (Å²) < 4.78 is 41.0. The first-order chi connectivity index (χ1) is 9.03. The van der Waals surface area contributed by atoms with Crippen LogP contribution in [0, 0.1) is 0 Å². The second kappa shape index (κ2) is 4.36. The average molecular weight is 283 g/mol. The summed E-state index contributed by atoms with van der Waals surface area (Å²) in [5.41, 5.74) is -1.15. The molecular formula is C15H16F3NO. The Kier molecular flexibility index (Phi) is 3.19. The number of hydrogen-bond acceptors (Lipinski definition) is 1. The topological polar surface area (TPSA) is 22.0 Å². The van der Waals surface area contributed by atoms with Crippen LogP contribution in [0.25, 0.3) is 10.8 Å². The maximum absolute atomic E-state index is 13.2. The van der Waals surface area contributed by atoms with Crippen molar-refractivity contribution in [1.29, 1.82) is 0 Å². The molecule has 20 heavy (non-hydrogen) atoms. The molecular weight excluding hydrogens is 267 g/mol. The Morgan fingerprint density at radius 1 is 1.05 bits per heavy atom. The molecule has 0 saturated carbocycles. The molecule has 0 N–H and O–H groups in total. The maximum Gasteiger partial charge on any atom is 0.417 e. The van der Waals surface area contributed by atoms with Crippen LogP contribution in [0.3, 0.4) is 0 Å². The average Bonchev–Trinajstić information content (AvgIpc) is 2.30. The van der Waals surface area contributed by atoms with Crippen molar-refractivity contribution in [3.63, 3.8) is 0 Å². The number of fused-ring (bicyclic) bond motifs is 1. The Bertz CT molecular complexity index is 721. The molecule has 0 aliphatic rings. The Morgan fingerprint density at radius 3 is 2.15 bits per heavy atom. The number of alkyl halides is 3. The van der Waals surface area contributed by atoms with Gasteiger partial charge in [-0.3, -0.25) is 4.79 Å². The third-order valence-corrected chi connectivity index (χ3v) is 3.32. The normalized spacial score (nSPS) is 12.9. The van der Waals surface area contributed by atoms with Gasteiger partial charge in [0, 0.05) is 24.0 Å². The molecule has 1 aromatic carbocycles. The van der Waals surface area contributed by atoms with Crippen molar-refractivity contribution >= 4 is 10.8 Å². The lowest BCUT2D eigenvalue weighted by molar-refractivity contribution is -0.136. The Hall–Kier alpha value is -1.78. The monoisotopic (exact) mass is 283 g/mol. The predicted molar refractivity (Wildman–Crippen MR) is 72.9 cm³/mol. The Labute approximate surface area is 114 Å². The number of rotatable bonds is 0. The van der Waals surface area contributed by atoms with Gasteiger partial charge in [-0.15, -0.1) is 0 Å². The number of aryl methyl sites for hydroxylation is 1. The molecule has 0 fully saturated rings. The summed E-state index contributed by atoms with van der Waals surface area (Å²) in [6.07, 6.45) is -2.98. The third kappa shape index (κ3) is 2.32. The van der Waals surface area contributed by atoms with E-state index in [1.54, 1.807) is 7.05 Å². The van der Waals surface area contributed by atoms with Crippen molar-refractivity contribution in [3.05, 3.63) is 45.9 Å². The highest BCUT2D eigenvalue weighted by Crippen LogP contribution is 2.38. The zero-order valence-corrected chi connectivity index (χ0v) is 11.8. The van der Waals surface area contributed by atoms with Crippen molar-refractivity contribution in [2.24, 2.45) is 7.05 Å². The highest BCUT2D eigenvalue weighted by Gasteiger charge is 2.35. The minimum absolute atomic E-state index is 0.00981. The fraction of sp³-hybridized carbons (Fsp3) is 0.400. The van der Waals surface area contributed by atoms with E-state index in [-0.39, 0.29) is 10.8 Å². The van der Waals surface area contributed by atoms with E-state index in [9.17, 15) is 18.0 Å². The van der Waals surface area contributed by atoms with Gasteiger partial charge in [-0.05, 0) is 23.1 Å². The number of hydrogen-bond donors (Lipinski definition) is 0. The first kappa shape index (κ1) is 14.6. The van der Waals surface area contributed by atoms with Gasteiger partial charge < -0.3 is 4.57 Å². The Morgan fingerprint density at radius 2 is 1.65 bits per heavy atom. The number of aromatic nitrogens is 1. The van der Waals surface area contributed by atoms with Gasteiger partial charge in [-0.25, -0.2) is 0 Å². The van der Waals surface area contributed by atoms with Crippen LogP contribution in [0.1, 0.15) is 31.9 Å². The summed E-state index contributed by atoms with van der Waals surface area (Å²) in [7, 11) is 1.55. The second-order valence-corrected chi connectivity index (χ2v) is 5.93. The van der Waals surface area contributed by atoms with Crippen LogP contribution in [0.2, 0.25) is 0 Å². The van der Waals surface area contributed by atoms with Gasteiger partial charge in [0.1, 0.15) is 0 Å². The lowest BCUT2D eigenvalue weighted by Gasteiger charge is -2.24. The van der Waals surface area contributed by atoms with Gasteiger partial charge in [0.25, 0.3) is 5.56 Å². The first-order valence-corrected chi connectivity index (χ1v) is 6.23. The van der Waals surface area contributed by atoms with Gasteiger partial charge in [0.2, 0.25) is 0 Å². The summed E-state index contributed by atoms with van der Waals surface area (Å²) in [4.78, 5) is 12.1. The summed E-state index contributed by atoms with van der Waals surface area (Å²) in [6.45, 7) is 5.50. The smallest absolute Gasteiger partial charge is 0.318 e. The molecule has 2 rings (SSSR count). The highest BCUT2D eigenvalue weighted by molar-refractivity contribution is 5.89. The molecule has 0 aliphatic heterocycles. The third-order valence-electron chi connectivity index (χ3n) is 3.32. The SMILES string of the molecule is Cn1cc(C(C)(C)C)c2c(C(F)(F)F)cccc2c1=O. The van der Waals surface area contributed by atoms with Gasteiger partial charge in [-0.2, -0.15) is 13.2 Å². The van der Waals surface area contributed by atoms with Crippen molar-refractivity contribution in [2.75, 3.05) is 0 Å². The molecule has 108 valence electrons. The molecule has 2 aromatic rings. The number of halogens is 3. The zero-order valence-electron chi connectivity index (χ0n) is 11.8. The minimum Gasteiger partial charge on any atom is -0.318 e. The van der Waals surface area contributed by atoms with Gasteiger partial charge in [-0.1, -0.05) is 26.8 Å². The molecule has 0 spiro atoms. The molecule has 0 atom stereocenters. The maximum atomic E-state index is 13.2. The van der Waals surface area contributed by atoms with Crippen LogP contribution < -0.4 is 5.56 Å². The van der Waals surface area contributed by atoms with E-state index in [1.165, 1.54) is 22.9 Å². The van der Waals surface area contributed by atoms with E-state index in [0.717, 1.165) is 6.07 Å². The minimum atomic E-state index is -4.48. The van der Waals surface area contributed by atoms with Crippen LogP contribution in [-0.2, 0) is 18.6 Å². The molecule has 0 radical (unpaired) electrons. The van der Waals surface area contributed by atoms with E-state index in [4.69, 9.17) is 0 Å². The van der Waals surface area contributed by atoms with Crippen LogP contribution >= 0.6 is 0 Å². The largest absolute Gasteiger partial charge is 0.417 e. The number of benzene rings is 1. The molecule has 5 heteroatoms. The van der Waals surface area contributed by atoms with E-state index in [0.29, 0.717) is 5.56 Å². The molecule has 0 saturated heterocycles. The molecule has 0 unspecified atom stereocenters. The fourth-order valence-corrected chi connectivity index (χ4v) is 2.33. The van der Waals surface area contributed by atoms with Crippen molar-refractivity contribution in [3.8, 4) is 0 Å². The Balaban J connectivity index is 3.08. The predicted octanol–water partition coefficient (Wildman–Crippen LogP) is 3.85. The van der Waals surface area contributed by atoms with Gasteiger partial charge >= 0.3 is 6.18 Å². The number of nitrogens with zero attached hydrogens (tertiary/aromatic N) is 1. The van der Waals surface area contributed by atoms with E-state index in [1.807, 2.05) is 20.8 Å². The molecule has 0 bridgehead atoms. The van der Waals surface area contributed by atoms with E-state index >= 15 is 0 Å². The van der Waals surface area contributed by atoms with E-state index in [2.05, 4.69) is 0 Å². The second-order valence-electron chi connectivity index (χ2n) is 5.93. The van der Waals surface area contributed by atoms with E-state index < -0.39 is 22.7 Å². The van der Waals surface area contributed by atoms with Crippen LogP contribution in [0.5, 0.6) is 0 Å². The molecule has 1 aromatic heterocycles. The summed E-state index contributed by atoms with van der Waals surface area (Å²) >= 11 is 0. The molecule has 0 amide bonds. The molecule has 2 nitrogen and oxygen atoms in total. The zero-order chi connectivity index (χ0) is 15.3.